The minimum Gasteiger partial charge on any atom is -0.496 e. The van der Waals surface area contributed by atoms with Gasteiger partial charge in [0.25, 0.3) is 0 Å². The molecule has 2 aromatic rings. The molecule has 98 valence electrons. The van der Waals surface area contributed by atoms with E-state index in [0.29, 0.717) is 23.4 Å². The standard InChI is InChI=1S/C14H14N2O3/c1-9-6-14(19-3)11(7-13(9)18-2)12-5-4-10(8-17)15-16-12/h4-8H,1-3H3. The molecule has 0 aliphatic heterocycles. The van der Waals surface area contributed by atoms with E-state index in [1.807, 2.05) is 19.1 Å². The second-order valence-electron chi connectivity index (χ2n) is 3.98. The predicted molar refractivity (Wildman–Crippen MR) is 70.7 cm³/mol. The smallest absolute Gasteiger partial charge is 0.170 e. The normalized spacial score (nSPS) is 10.1. The van der Waals surface area contributed by atoms with Crippen molar-refractivity contribution in [1.29, 1.82) is 0 Å². The van der Waals surface area contributed by atoms with Crippen LogP contribution in [0.15, 0.2) is 24.3 Å². The van der Waals surface area contributed by atoms with Crippen molar-refractivity contribution in [2.75, 3.05) is 14.2 Å². The molecule has 0 aliphatic carbocycles. The first-order valence-corrected chi connectivity index (χ1v) is 5.71. The molecule has 19 heavy (non-hydrogen) atoms. The summed E-state index contributed by atoms with van der Waals surface area (Å²) in [5.41, 5.74) is 2.66. The van der Waals surface area contributed by atoms with Gasteiger partial charge in [-0.15, -0.1) is 10.2 Å². The van der Waals surface area contributed by atoms with Crippen LogP contribution in [0.3, 0.4) is 0 Å². The number of benzene rings is 1. The summed E-state index contributed by atoms with van der Waals surface area (Å²) in [5.74, 6) is 1.43. The molecule has 0 N–H and O–H groups in total. The number of aryl methyl sites for hydroxylation is 1. The number of aldehydes is 1. The summed E-state index contributed by atoms with van der Waals surface area (Å²) in [5, 5.41) is 7.83. The van der Waals surface area contributed by atoms with E-state index in [1.54, 1.807) is 26.4 Å². The molecule has 0 fully saturated rings. The molecule has 0 radical (unpaired) electrons. The number of methoxy groups -OCH3 is 2. The lowest BCUT2D eigenvalue weighted by atomic mass is 10.1. The van der Waals surface area contributed by atoms with E-state index < -0.39 is 0 Å². The summed E-state index contributed by atoms with van der Waals surface area (Å²) in [6.45, 7) is 1.94. The highest BCUT2D eigenvalue weighted by molar-refractivity contribution is 5.74. The summed E-state index contributed by atoms with van der Waals surface area (Å²) in [7, 11) is 3.21. The van der Waals surface area contributed by atoms with Gasteiger partial charge in [-0.25, -0.2) is 0 Å². The first-order chi connectivity index (χ1) is 9.19. The van der Waals surface area contributed by atoms with Gasteiger partial charge in [0.15, 0.2) is 6.29 Å². The van der Waals surface area contributed by atoms with Gasteiger partial charge in [-0.05, 0) is 36.8 Å². The molecule has 0 saturated heterocycles. The summed E-state index contributed by atoms with van der Waals surface area (Å²) in [4.78, 5) is 10.6. The van der Waals surface area contributed by atoms with Crippen molar-refractivity contribution in [2.45, 2.75) is 6.92 Å². The number of hydrogen-bond acceptors (Lipinski definition) is 5. The molecule has 1 heterocycles. The van der Waals surface area contributed by atoms with Gasteiger partial charge in [0.1, 0.15) is 17.2 Å². The summed E-state index contributed by atoms with van der Waals surface area (Å²) in [6.07, 6.45) is 0.656. The van der Waals surface area contributed by atoms with Crippen LogP contribution >= 0.6 is 0 Å². The van der Waals surface area contributed by atoms with Crippen molar-refractivity contribution in [3.05, 3.63) is 35.5 Å². The minimum atomic E-state index is 0.293. The Morgan fingerprint density at radius 3 is 2.32 bits per heavy atom. The Kier molecular flexibility index (Phi) is 3.75. The molecule has 5 heteroatoms. The number of hydrogen-bond donors (Lipinski definition) is 0. The van der Waals surface area contributed by atoms with Crippen LogP contribution in [0.5, 0.6) is 11.5 Å². The predicted octanol–water partition coefficient (Wildman–Crippen LogP) is 2.28. The average molecular weight is 258 g/mol. The summed E-state index contributed by atoms with van der Waals surface area (Å²) < 4.78 is 10.6. The van der Waals surface area contributed by atoms with Gasteiger partial charge in [-0.3, -0.25) is 4.79 Å². The quantitative estimate of drug-likeness (QED) is 0.787. The van der Waals surface area contributed by atoms with E-state index >= 15 is 0 Å². The van der Waals surface area contributed by atoms with E-state index in [-0.39, 0.29) is 0 Å². The van der Waals surface area contributed by atoms with E-state index in [4.69, 9.17) is 9.47 Å². The Labute approximate surface area is 111 Å². The molecule has 1 aromatic heterocycles. The van der Waals surface area contributed by atoms with Crippen LogP contribution in [0.1, 0.15) is 16.1 Å². The fraction of sp³-hybridized carbons (Fsp3) is 0.214. The molecule has 0 bridgehead atoms. The Balaban J connectivity index is 2.55. The monoisotopic (exact) mass is 258 g/mol. The lowest BCUT2D eigenvalue weighted by Gasteiger charge is -2.12. The molecule has 0 unspecified atom stereocenters. The SMILES string of the molecule is COc1cc(-c2ccc(C=O)nn2)c(OC)cc1C. The van der Waals surface area contributed by atoms with Crippen LogP contribution in [0.25, 0.3) is 11.3 Å². The second-order valence-corrected chi connectivity index (χ2v) is 3.98. The molecule has 0 spiro atoms. The lowest BCUT2D eigenvalue weighted by molar-refractivity contribution is 0.111. The molecule has 5 nitrogen and oxygen atoms in total. The molecule has 0 amide bonds. The maximum Gasteiger partial charge on any atom is 0.170 e. The molecule has 0 saturated carbocycles. The van der Waals surface area contributed by atoms with Crippen molar-refractivity contribution in [3.63, 3.8) is 0 Å². The minimum absolute atomic E-state index is 0.293. The van der Waals surface area contributed by atoms with E-state index in [0.717, 1.165) is 16.9 Å². The third-order valence-electron chi connectivity index (χ3n) is 2.80. The van der Waals surface area contributed by atoms with Crippen LogP contribution in [0, 0.1) is 6.92 Å². The van der Waals surface area contributed by atoms with Gasteiger partial charge < -0.3 is 9.47 Å². The molecular formula is C14H14N2O3. The van der Waals surface area contributed by atoms with Crippen LogP contribution in [-0.2, 0) is 0 Å². The molecule has 1 aromatic carbocycles. The first kappa shape index (κ1) is 13.0. The van der Waals surface area contributed by atoms with Gasteiger partial charge in [-0.1, -0.05) is 0 Å². The Morgan fingerprint density at radius 1 is 1.05 bits per heavy atom. The Morgan fingerprint density at radius 2 is 1.79 bits per heavy atom. The third kappa shape index (κ3) is 2.54. The number of carbonyl (C=O) groups excluding carboxylic acids is 1. The van der Waals surface area contributed by atoms with E-state index in [9.17, 15) is 4.79 Å². The van der Waals surface area contributed by atoms with Crippen LogP contribution in [0.4, 0.5) is 0 Å². The maximum absolute atomic E-state index is 10.6. The zero-order chi connectivity index (χ0) is 13.8. The van der Waals surface area contributed by atoms with Gasteiger partial charge >= 0.3 is 0 Å². The molecule has 0 atom stereocenters. The number of carbonyl (C=O) groups is 1. The molecule has 0 aliphatic rings. The fourth-order valence-electron chi connectivity index (χ4n) is 1.80. The number of ether oxygens (including phenoxy) is 2. The Bertz CT molecular complexity index is 594. The van der Waals surface area contributed by atoms with Crippen LogP contribution in [-0.4, -0.2) is 30.7 Å². The average Bonchev–Trinajstić information content (AvgIpc) is 2.47. The van der Waals surface area contributed by atoms with Crippen molar-refractivity contribution < 1.29 is 14.3 Å². The van der Waals surface area contributed by atoms with Gasteiger partial charge in [-0.2, -0.15) is 0 Å². The van der Waals surface area contributed by atoms with Gasteiger partial charge in [0.05, 0.1) is 19.9 Å². The van der Waals surface area contributed by atoms with Crippen LogP contribution < -0.4 is 9.47 Å². The van der Waals surface area contributed by atoms with Gasteiger partial charge in [0.2, 0.25) is 0 Å². The number of rotatable bonds is 4. The summed E-state index contributed by atoms with van der Waals surface area (Å²) in [6, 6.07) is 7.06. The van der Waals surface area contributed by atoms with Crippen molar-refractivity contribution >= 4 is 6.29 Å². The maximum atomic E-state index is 10.6. The number of aromatic nitrogens is 2. The second kappa shape index (κ2) is 5.48. The highest BCUT2D eigenvalue weighted by Gasteiger charge is 2.12. The molecular weight excluding hydrogens is 244 g/mol. The Hall–Kier alpha value is -2.43. The molecule has 2 rings (SSSR count). The lowest BCUT2D eigenvalue weighted by Crippen LogP contribution is -1.97. The first-order valence-electron chi connectivity index (χ1n) is 5.71. The highest BCUT2D eigenvalue weighted by Crippen LogP contribution is 2.34. The zero-order valence-electron chi connectivity index (χ0n) is 11.0. The van der Waals surface area contributed by atoms with Crippen molar-refractivity contribution in [3.8, 4) is 22.8 Å². The largest absolute Gasteiger partial charge is 0.496 e. The van der Waals surface area contributed by atoms with Crippen LogP contribution in [0.2, 0.25) is 0 Å². The third-order valence-corrected chi connectivity index (χ3v) is 2.80. The van der Waals surface area contributed by atoms with Crippen molar-refractivity contribution in [2.24, 2.45) is 0 Å². The van der Waals surface area contributed by atoms with E-state index in [2.05, 4.69) is 10.2 Å². The van der Waals surface area contributed by atoms with Gasteiger partial charge in [0, 0.05) is 5.56 Å². The number of nitrogens with zero attached hydrogens (tertiary/aromatic N) is 2. The zero-order valence-corrected chi connectivity index (χ0v) is 11.0. The fourth-order valence-corrected chi connectivity index (χ4v) is 1.80. The summed E-state index contributed by atoms with van der Waals surface area (Å²) >= 11 is 0. The van der Waals surface area contributed by atoms with E-state index in [1.165, 1.54) is 0 Å². The topological polar surface area (TPSA) is 61.3 Å². The van der Waals surface area contributed by atoms with Crippen molar-refractivity contribution in [1.82, 2.24) is 10.2 Å². The highest BCUT2D eigenvalue weighted by atomic mass is 16.5.